The maximum Gasteiger partial charge on any atom is 0.265 e. The van der Waals surface area contributed by atoms with Gasteiger partial charge in [0.2, 0.25) is 5.91 Å². The Balaban J connectivity index is 1.63. The van der Waals surface area contributed by atoms with E-state index in [0.717, 1.165) is 50.8 Å². The molecular weight excluding hydrogens is 422 g/mol. The van der Waals surface area contributed by atoms with Crippen LogP contribution in [0.15, 0.2) is 36.4 Å². The van der Waals surface area contributed by atoms with Crippen LogP contribution in [0.1, 0.15) is 34.9 Å². The van der Waals surface area contributed by atoms with Gasteiger partial charge in [-0.15, -0.1) is 11.3 Å². The monoisotopic (exact) mass is 449 g/mol. The van der Waals surface area contributed by atoms with Crippen LogP contribution in [0.25, 0.3) is 11.3 Å². The number of rotatable bonds is 6. The zero-order valence-corrected chi connectivity index (χ0v) is 19.6. The van der Waals surface area contributed by atoms with E-state index in [1.807, 2.05) is 50.2 Å². The number of carbonyl (C=O) groups excluding carboxylic acids is 2. The van der Waals surface area contributed by atoms with E-state index in [1.165, 1.54) is 4.90 Å². The lowest BCUT2D eigenvalue weighted by Crippen LogP contribution is -2.43. The highest BCUT2D eigenvalue weighted by atomic mass is 32.1. The zero-order valence-electron chi connectivity index (χ0n) is 18.8. The van der Waals surface area contributed by atoms with Gasteiger partial charge >= 0.3 is 0 Å². The minimum atomic E-state index is -0.240. The van der Waals surface area contributed by atoms with E-state index < -0.39 is 0 Å². The summed E-state index contributed by atoms with van der Waals surface area (Å²) in [5.41, 5.74) is 5.41. The van der Waals surface area contributed by atoms with Crippen LogP contribution in [-0.4, -0.2) is 29.9 Å². The van der Waals surface area contributed by atoms with Gasteiger partial charge in [0.15, 0.2) is 6.61 Å². The molecule has 0 aliphatic carbocycles. The first-order chi connectivity index (χ1) is 15.4. The second kappa shape index (κ2) is 9.12. The summed E-state index contributed by atoms with van der Waals surface area (Å²) in [6.07, 6.45) is 1.64. The molecule has 6 nitrogen and oxygen atoms in total. The number of nitrogens with zero attached hydrogens (tertiary/aromatic N) is 2. The van der Waals surface area contributed by atoms with Crippen LogP contribution in [0, 0.1) is 13.8 Å². The summed E-state index contributed by atoms with van der Waals surface area (Å²) in [7, 11) is 0. The number of fused-ring (bicyclic) bond motifs is 1. The number of hydrogen-bond acceptors (Lipinski definition) is 5. The van der Waals surface area contributed by atoms with Gasteiger partial charge in [-0.25, -0.2) is 4.98 Å². The topological polar surface area (TPSA) is 71.5 Å². The van der Waals surface area contributed by atoms with Crippen molar-refractivity contribution in [1.29, 1.82) is 0 Å². The molecule has 0 saturated carbocycles. The third kappa shape index (κ3) is 4.25. The minimum absolute atomic E-state index is 0.0745. The lowest BCUT2D eigenvalue weighted by Gasteiger charge is -2.29. The van der Waals surface area contributed by atoms with Gasteiger partial charge in [-0.05, 0) is 56.0 Å². The van der Waals surface area contributed by atoms with Crippen LogP contribution in [-0.2, 0) is 22.4 Å². The quantitative estimate of drug-likeness (QED) is 0.580. The van der Waals surface area contributed by atoms with Gasteiger partial charge < -0.3 is 10.1 Å². The van der Waals surface area contributed by atoms with Crippen LogP contribution in [0.3, 0.4) is 0 Å². The van der Waals surface area contributed by atoms with E-state index in [9.17, 15) is 9.59 Å². The molecule has 0 saturated heterocycles. The highest BCUT2D eigenvalue weighted by Crippen LogP contribution is 2.37. The van der Waals surface area contributed by atoms with Crippen molar-refractivity contribution >= 4 is 34.5 Å². The summed E-state index contributed by atoms with van der Waals surface area (Å²) in [5.74, 6) is 0.123. The van der Waals surface area contributed by atoms with Crippen LogP contribution in [0.2, 0.25) is 0 Å². The second-order valence-corrected chi connectivity index (χ2v) is 9.20. The highest BCUT2D eigenvalue weighted by Gasteiger charge is 2.28. The average molecular weight is 450 g/mol. The smallest absolute Gasteiger partial charge is 0.265 e. The van der Waals surface area contributed by atoms with E-state index in [4.69, 9.17) is 4.74 Å². The lowest BCUT2D eigenvalue weighted by molar-refractivity contribution is -0.123. The van der Waals surface area contributed by atoms with Crippen LogP contribution in [0.5, 0.6) is 5.75 Å². The van der Waals surface area contributed by atoms with E-state index in [2.05, 4.69) is 24.1 Å². The Kier molecular flexibility index (Phi) is 6.28. The van der Waals surface area contributed by atoms with Gasteiger partial charge in [-0.1, -0.05) is 32.0 Å². The summed E-state index contributed by atoms with van der Waals surface area (Å²) < 4.78 is 5.62. The molecule has 0 spiro atoms. The Morgan fingerprint density at radius 2 is 1.88 bits per heavy atom. The van der Waals surface area contributed by atoms with Gasteiger partial charge in [0, 0.05) is 16.1 Å². The lowest BCUT2D eigenvalue weighted by atomic mass is 10.0. The number of nitrogens with one attached hydrogen (secondary N) is 1. The molecule has 1 aliphatic heterocycles. The fraction of sp³-hybridized carbons (Fsp3) is 0.320. The second-order valence-electron chi connectivity index (χ2n) is 7.80. The molecule has 3 aromatic rings. The number of amides is 2. The van der Waals surface area contributed by atoms with Gasteiger partial charge in [0.05, 0.1) is 16.4 Å². The molecule has 4 rings (SSSR count). The number of carbonyl (C=O) groups is 2. The summed E-state index contributed by atoms with van der Waals surface area (Å²) >= 11 is 1.63. The Morgan fingerprint density at radius 3 is 2.50 bits per heavy atom. The summed E-state index contributed by atoms with van der Waals surface area (Å²) in [6.45, 7) is 7.98. The van der Waals surface area contributed by atoms with Crippen molar-refractivity contribution in [1.82, 2.24) is 4.98 Å². The third-order valence-corrected chi connectivity index (χ3v) is 6.53. The van der Waals surface area contributed by atoms with Crippen molar-refractivity contribution < 1.29 is 14.3 Å². The zero-order chi connectivity index (χ0) is 22.8. The summed E-state index contributed by atoms with van der Waals surface area (Å²) in [6, 6.07) is 11.7. The first kappa shape index (κ1) is 22.0. The fourth-order valence-corrected chi connectivity index (χ4v) is 4.89. The third-order valence-electron chi connectivity index (χ3n) is 5.64. The predicted octanol–water partition coefficient (Wildman–Crippen LogP) is 4.92. The van der Waals surface area contributed by atoms with Crippen LogP contribution in [0.4, 0.5) is 11.4 Å². The Labute approximate surface area is 192 Å². The van der Waals surface area contributed by atoms with E-state index >= 15 is 0 Å². The minimum Gasteiger partial charge on any atom is -0.482 e. The maximum atomic E-state index is 13.0. The molecule has 2 amide bonds. The highest BCUT2D eigenvalue weighted by molar-refractivity contribution is 7.11. The molecule has 32 heavy (non-hydrogen) atoms. The van der Waals surface area contributed by atoms with Crippen molar-refractivity contribution in [3.05, 3.63) is 57.4 Å². The molecule has 1 aliphatic rings. The van der Waals surface area contributed by atoms with Crippen molar-refractivity contribution in [2.75, 3.05) is 23.4 Å². The van der Waals surface area contributed by atoms with E-state index in [1.54, 1.807) is 11.3 Å². The molecule has 1 aromatic heterocycles. The average Bonchev–Trinajstić information content (AvgIpc) is 3.13. The molecular formula is C25H27N3O3S. The number of anilines is 2. The normalized spacial score (nSPS) is 13.0. The number of para-hydroxylation sites is 1. The Hall–Kier alpha value is -3.19. The Morgan fingerprint density at radius 1 is 1.16 bits per heavy atom. The Bertz CT molecular complexity index is 1160. The van der Waals surface area contributed by atoms with Crippen molar-refractivity contribution in [2.24, 2.45) is 0 Å². The fourth-order valence-electron chi connectivity index (χ4n) is 4.05. The number of hydrogen-bond donors (Lipinski definition) is 1. The first-order valence-corrected chi connectivity index (χ1v) is 11.6. The van der Waals surface area contributed by atoms with Gasteiger partial charge in [0.1, 0.15) is 12.3 Å². The van der Waals surface area contributed by atoms with E-state index in [0.29, 0.717) is 11.4 Å². The molecule has 0 fully saturated rings. The summed E-state index contributed by atoms with van der Waals surface area (Å²) in [4.78, 5) is 33.0. The molecule has 7 heteroatoms. The van der Waals surface area contributed by atoms with E-state index in [-0.39, 0.29) is 25.0 Å². The van der Waals surface area contributed by atoms with Crippen LogP contribution >= 0.6 is 11.3 Å². The molecule has 0 unspecified atom stereocenters. The summed E-state index contributed by atoms with van der Waals surface area (Å²) in [5, 5.41) is 4.04. The molecule has 1 N–H and O–H groups in total. The predicted molar refractivity (Wildman–Crippen MR) is 129 cm³/mol. The molecule has 2 heterocycles. The molecule has 0 atom stereocenters. The van der Waals surface area contributed by atoms with Crippen molar-refractivity contribution in [3.63, 3.8) is 0 Å². The number of thiazole rings is 1. The first-order valence-electron chi connectivity index (χ1n) is 10.8. The number of benzene rings is 2. The standard InChI is InChI=1S/C25H27N3O3S/c1-5-17-8-7-9-18(6-2)25(17)27-22(29)13-28-20-12-19(24-15(3)32-16(4)26-24)10-11-21(20)31-14-23(28)30/h7-12H,5-6,13-14H2,1-4H3,(H,27,29). The molecule has 0 radical (unpaired) electrons. The number of aryl methyl sites for hydroxylation is 4. The molecule has 166 valence electrons. The van der Waals surface area contributed by atoms with Gasteiger partial charge in [0.25, 0.3) is 5.91 Å². The number of ether oxygens (including phenoxy) is 1. The maximum absolute atomic E-state index is 13.0. The van der Waals surface area contributed by atoms with Gasteiger partial charge in [-0.2, -0.15) is 0 Å². The number of aromatic nitrogens is 1. The van der Waals surface area contributed by atoms with Crippen LogP contribution < -0.4 is 15.0 Å². The van der Waals surface area contributed by atoms with Crippen molar-refractivity contribution in [2.45, 2.75) is 40.5 Å². The SMILES string of the molecule is CCc1cccc(CC)c1NC(=O)CN1C(=O)COc2ccc(-c3nc(C)sc3C)cc21. The molecule has 0 bridgehead atoms. The van der Waals surface area contributed by atoms with Gasteiger partial charge in [-0.3, -0.25) is 14.5 Å². The van der Waals surface area contributed by atoms with Crippen molar-refractivity contribution in [3.8, 4) is 17.0 Å². The largest absolute Gasteiger partial charge is 0.482 e. The molecule has 2 aromatic carbocycles.